The van der Waals surface area contributed by atoms with E-state index in [9.17, 15) is 28.1 Å². The fourth-order valence-electron chi connectivity index (χ4n) is 2.15. The zero-order valence-electron chi connectivity index (χ0n) is 11.6. The molecule has 0 saturated carbocycles. The van der Waals surface area contributed by atoms with Crippen LogP contribution in [0.3, 0.4) is 0 Å². The number of aromatic nitrogens is 2. The lowest BCUT2D eigenvalue weighted by Crippen LogP contribution is -2.15. The summed E-state index contributed by atoms with van der Waals surface area (Å²) >= 11 is 0. The molecule has 10 heteroatoms. The minimum absolute atomic E-state index is 0.0228. The summed E-state index contributed by atoms with van der Waals surface area (Å²) in [5.41, 5.74) is 3.78. The van der Waals surface area contributed by atoms with Gasteiger partial charge in [-0.25, -0.2) is 0 Å². The molecule has 1 aromatic heterocycles. The van der Waals surface area contributed by atoms with E-state index >= 15 is 0 Å². The molecule has 23 heavy (non-hydrogen) atoms. The van der Waals surface area contributed by atoms with E-state index in [0.717, 1.165) is 16.9 Å². The van der Waals surface area contributed by atoms with E-state index in [-0.39, 0.29) is 24.1 Å². The van der Waals surface area contributed by atoms with Crippen molar-refractivity contribution in [1.29, 1.82) is 0 Å². The summed E-state index contributed by atoms with van der Waals surface area (Å²) in [6.45, 7) is -0.198. The summed E-state index contributed by atoms with van der Waals surface area (Å²) in [7, 11) is 0. The fraction of sp³-hybridized carbons (Fsp3) is 0.231. The Kier molecular flexibility index (Phi) is 4.34. The summed E-state index contributed by atoms with van der Waals surface area (Å²) in [6, 6.07) is 4.92. The molecule has 0 aliphatic carbocycles. The van der Waals surface area contributed by atoms with Crippen LogP contribution in [-0.4, -0.2) is 20.6 Å². The Balaban J connectivity index is 2.30. The first-order chi connectivity index (χ1) is 10.7. The second kappa shape index (κ2) is 6.07. The van der Waals surface area contributed by atoms with Gasteiger partial charge in [0.2, 0.25) is 0 Å². The zero-order valence-corrected chi connectivity index (χ0v) is 11.6. The van der Waals surface area contributed by atoms with Gasteiger partial charge in [0.05, 0.1) is 11.8 Å². The maximum absolute atomic E-state index is 12.9. The second-order valence-corrected chi connectivity index (χ2v) is 4.63. The Morgan fingerprint density at radius 1 is 1.35 bits per heavy atom. The van der Waals surface area contributed by atoms with Crippen LogP contribution in [0.5, 0.6) is 0 Å². The fourth-order valence-corrected chi connectivity index (χ4v) is 2.15. The van der Waals surface area contributed by atoms with E-state index in [4.69, 9.17) is 5.73 Å². The number of halogens is 3. The summed E-state index contributed by atoms with van der Waals surface area (Å²) in [4.78, 5) is 21.3. The highest BCUT2D eigenvalue weighted by Crippen LogP contribution is 2.32. The van der Waals surface area contributed by atoms with Crippen LogP contribution >= 0.6 is 0 Å². The van der Waals surface area contributed by atoms with Crippen molar-refractivity contribution in [2.24, 2.45) is 5.73 Å². The Hall–Kier alpha value is -2.91. The highest BCUT2D eigenvalue weighted by molar-refractivity contribution is 5.96. The Labute approximate surface area is 127 Å². The van der Waals surface area contributed by atoms with Gasteiger partial charge in [-0.3, -0.25) is 4.79 Å². The molecule has 0 bridgehead atoms. The van der Waals surface area contributed by atoms with E-state index in [1.54, 1.807) is 0 Å². The molecule has 0 atom stereocenters. The molecule has 2 N–H and O–H groups in total. The minimum atomic E-state index is -4.52. The summed E-state index contributed by atoms with van der Waals surface area (Å²) < 4.78 is 39.6. The van der Waals surface area contributed by atoms with Gasteiger partial charge in [0.25, 0.3) is 5.91 Å². The van der Waals surface area contributed by atoms with Crippen molar-refractivity contribution in [2.75, 3.05) is 0 Å². The number of primary amides is 1. The minimum Gasteiger partial charge on any atom is -0.365 e. The lowest BCUT2D eigenvalue weighted by molar-refractivity contribution is -0.392. The maximum Gasteiger partial charge on any atom is 0.416 e. The number of rotatable bonds is 5. The van der Waals surface area contributed by atoms with Crippen LogP contribution < -0.4 is 5.73 Å². The highest BCUT2D eigenvalue weighted by Gasteiger charge is 2.33. The number of nitrogens with zero attached hydrogens (tertiary/aromatic N) is 3. The third-order valence-corrected chi connectivity index (χ3v) is 3.17. The van der Waals surface area contributed by atoms with Gasteiger partial charge in [-0.15, -0.1) is 4.68 Å². The number of nitrogens with two attached hydrogens (primary N) is 1. The molecule has 0 unspecified atom stereocenters. The Morgan fingerprint density at radius 2 is 2.00 bits per heavy atom. The van der Waals surface area contributed by atoms with Crippen molar-refractivity contribution in [2.45, 2.75) is 19.1 Å². The SMILES string of the molecule is NC(=O)c1cnn(CCc2ccccc2C(F)(F)F)c1[N+](=O)[O-]. The largest absolute Gasteiger partial charge is 0.416 e. The number of carbonyl (C=O) groups is 1. The Morgan fingerprint density at radius 3 is 2.57 bits per heavy atom. The number of nitro groups is 1. The van der Waals surface area contributed by atoms with Crippen LogP contribution in [0.4, 0.5) is 19.0 Å². The molecular weight excluding hydrogens is 317 g/mol. The normalized spacial score (nSPS) is 11.4. The highest BCUT2D eigenvalue weighted by atomic mass is 19.4. The van der Waals surface area contributed by atoms with E-state index in [1.807, 2.05) is 0 Å². The molecule has 1 aromatic carbocycles. The van der Waals surface area contributed by atoms with Gasteiger partial charge in [0.15, 0.2) is 5.56 Å². The smallest absolute Gasteiger partial charge is 0.365 e. The van der Waals surface area contributed by atoms with Crippen LogP contribution in [0, 0.1) is 10.1 Å². The van der Waals surface area contributed by atoms with Gasteiger partial charge in [-0.1, -0.05) is 23.3 Å². The number of hydrogen-bond acceptors (Lipinski definition) is 4. The first-order valence-electron chi connectivity index (χ1n) is 6.37. The van der Waals surface area contributed by atoms with Gasteiger partial charge in [-0.05, 0) is 16.6 Å². The van der Waals surface area contributed by atoms with Crippen LogP contribution in [0.2, 0.25) is 0 Å². The van der Waals surface area contributed by atoms with Crippen LogP contribution in [0.15, 0.2) is 30.5 Å². The van der Waals surface area contributed by atoms with E-state index in [0.29, 0.717) is 0 Å². The van der Waals surface area contributed by atoms with Gasteiger partial charge >= 0.3 is 12.0 Å². The van der Waals surface area contributed by atoms with Crippen LogP contribution in [0.1, 0.15) is 21.5 Å². The van der Waals surface area contributed by atoms with E-state index < -0.39 is 28.4 Å². The third kappa shape index (κ3) is 3.47. The number of amides is 1. The Bertz CT molecular complexity index is 755. The van der Waals surface area contributed by atoms with Crippen molar-refractivity contribution in [1.82, 2.24) is 9.78 Å². The van der Waals surface area contributed by atoms with E-state index in [2.05, 4.69) is 5.10 Å². The maximum atomic E-state index is 12.9. The quantitative estimate of drug-likeness (QED) is 0.670. The van der Waals surface area contributed by atoms with Crippen molar-refractivity contribution in [3.05, 3.63) is 57.3 Å². The molecule has 7 nitrogen and oxygen atoms in total. The van der Waals surface area contributed by atoms with Crippen LogP contribution in [0.25, 0.3) is 0 Å². The first kappa shape index (κ1) is 16.5. The summed E-state index contributed by atoms with van der Waals surface area (Å²) in [5.74, 6) is -1.67. The van der Waals surface area contributed by atoms with Crippen molar-refractivity contribution in [3.8, 4) is 0 Å². The second-order valence-electron chi connectivity index (χ2n) is 4.63. The number of benzene rings is 1. The van der Waals surface area contributed by atoms with Gasteiger partial charge in [0.1, 0.15) is 6.54 Å². The van der Waals surface area contributed by atoms with Gasteiger partial charge in [0, 0.05) is 6.42 Å². The molecule has 1 heterocycles. The average molecular weight is 328 g/mol. The molecule has 122 valence electrons. The lowest BCUT2D eigenvalue weighted by atomic mass is 10.0. The lowest BCUT2D eigenvalue weighted by Gasteiger charge is -2.11. The number of aryl methyl sites for hydroxylation is 2. The molecule has 0 radical (unpaired) electrons. The monoisotopic (exact) mass is 328 g/mol. The molecule has 2 aromatic rings. The number of alkyl halides is 3. The average Bonchev–Trinajstić information content (AvgIpc) is 2.88. The standard InChI is InChI=1S/C13H11F3N4O3/c14-13(15,16)10-4-2-1-3-8(10)5-6-19-12(20(22)23)9(7-18-19)11(17)21/h1-4,7H,5-6H2,(H2,17,21). The predicted molar refractivity (Wildman–Crippen MR) is 72.5 cm³/mol. The van der Waals surface area contributed by atoms with Crippen molar-refractivity contribution >= 4 is 11.7 Å². The van der Waals surface area contributed by atoms with Crippen molar-refractivity contribution < 1.29 is 22.9 Å². The summed E-state index contributed by atoms with van der Waals surface area (Å²) in [6.07, 6.45) is -3.74. The molecule has 0 spiro atoms. The molecule has 0 fully saturated rings. The number of hydrogen-bond donors (Lipinski definition) is 1. The van der Waals surface area contributed by atoms with Gasteiger partial charge < -0.3 is 15.8 Å². The number of carbonyl (C=O) groups excluding carboxylic acids is 1. The topological polar surface area (TPSA) is 104 Å². The zero-order chi connectivity index (χ0) is 17.2. The van der Waals surface area contributed by atoms with Crippen LogP contribution in [-0.2, 0) is 19.1 Å². The summed E-state index contributed by atoms with van der Waals surface area (Å²) in [5, 5.41) is 14.7. The van der Waals surface area contributed by atoms with E-state index in [1.165, 1.54) is 18.2 Å². The predicted octanol–water partition coefficient (Wildman–Crippen LogP) is 2.15. The van der Waals surface area contributed by atoms with Crippen molar-refractivity contribution in [3.63, 3.8) is 0 Å². The molecule has 0 aliphatic rings. The molecule has 1 amide bonds. The molecule has 2 rings (SSSR count). The molecule has 0 aliphatic heterocycles. The van der Waals surface area contributed by atoms with Gasteiger partial charge in [-0.2, -0.15) is 13.2 Å². The molecule has 0 saturated heterocycles. The third-order valence-electron chi connectivity index (χ3n) is 3.17. The first-order valence-corrected chi connectivity index (χ1v) is 6.37. The molecular formula is C13H11F3N4O3.